The van der Waals surface area contributed by atoms with Crippen molar-refractivity contribution in [3.8, 4) is 0 Å². The van der Waals surface area contributed by atoms with Gasteiger partial charge in [0.15, 0.2) is 0 Å². The molecule has 0 spiro atoms. The average Bonchev–Trinajstić information content (AvgIpc) is 2.19. The van der Waals surface area contributed by atoms with Crippen LogP contribution in [-0.4, -0.2) is 30.6 Å². The molecule has 0 aliphatic heterocycles. The van der Waals surface area contributed by atoms with Crippen molar-refractivity contribution < 1.29 is 14.5 Å². The van der Waals surface area contributed by atoms with Crippen LogP contribution in [0.2, 0.25) is 25.7 Å². The second-order valence-electron chi connectivity index (χ2n) is 6.35. The number of carbonyl (C=O) groups is 2. The van der Waals surface area contributed by atoms with Crippen LogP contribution in [0.15, 0.2) is 0 Å². The standard InChI is InChI=1S/C13H25NO4Si/c1-11(15)8-9-12(14(17)18)6-5-7-13(16)10-19(2,3)4/h12H,5-10H2,1-4H3. The third kappa shape index (κ3) is 10.6. The average molecular weight is 287 g/mol. The molecule has 0 rings (SSSR count). The Morgan fingerprint density at radius 3 is 2.16 bits per heavy atom. The van der Waals surface area contributed by atoms with Crippen molar-refractivity contribution in [3.63, 3.8) is 0 Å². The Hall–Kier alpha value is -1.04. The van der Waals surface area contributed by atoms with Crippen LogP contribution in [0, 0.1) is 10.1 Å². The number of rotatable bonds is 10. The number of Topliss-reactive ketones (excluding diaryl/α,β-unsaturated/α-hetero) is 2. The molecule has 6 heteroatoms. The van der Waals surface area contributed by atoms with E-state index in [9.17, 15) is 19.7 Å². The molecule has 110 valence electrons. The molecular weight excluding hydrogens is 262 g/mol. The smallest absolute Gasteiger partial charge is 0.213 e. The van der Waals surface area contributed by atoms with E-state index in [1.165, 1.54) is 6.92 Å². The Morgan fingerprint density at radius 1 is 1.16 bits per heavy atom. The summed E-state index contributed by atoms with van der Waals surface area (Å²) in [7, 11) is -1.38. The van der Waals surface area contributed by atoms with Crippen LogP contribution >= 0.6 is 0 Å². The van der Waals surface area contributed by atoms with Gasteiger partial charge in [-0.25, -0.2) is 0 Å². The second-order valence-corrected chi connectivity index (χ2v) is 11.8. The van der Waals surface area contributed by atoms with Crippen molar-refractivity contribution in [1.29, 1.82) is 0 Å². The maximum atomic E-state index is 11.7. The van der Waals surface area contributed by atoms with Gasteiger partial charge in [-0.2, -0.15) is 0 Å². The van der Waals surface area contributed by atoms with Gasteiger partial charge in [-0.1, -0.05) is 19.6 Å². The molecule has 0 aromatic carbocycles. The Bertz CT molecular complexity index is 336. The van der Waals surface area contributed by atoms with Crippen molar-refractivity contribution in [1.82, 2.24) is 0 Å². The minimum atomic E-state index is -1.38. The number of carbonyl (C=O) groups excluding carboxylic acids is 2. The van der Waals surface area contributed by atoms with Gasteiger partial charge in [0, 0.05) is 36.7 Å². The number of hydrogen-bond acceptors (Lipinski definition) is 4. The topological polar surface area (TPSA) is 77.3 Å². The predicted octanol–water partition coefficient (Wildman–Crippen LogP) is 3.08. The molecule has 0 saturated carbocycles. The summed E-state index contributed by atoms with van der Waals surface area (Å²) in [5.74, 6) is 0.189. The lowest BCUT2D eigenvalue weighted by atomic mass is 10.0. The molecule has 0 N–H and O–H groups in total. The van der Waals surface area contributed by atoms with Gasteiger partial charge in [-0.15, -0.1) is 0 Å². The molecule has 0 aliphatic carbocycles. The van der Waals surface area contributed by atoms with Gasteiger partial charge in [0.25, 0.3) is 0 Å². The maximum Gasteiger partial charge on any atom is 0.213 e. The molecule has 19 heavy (non-hydrogen) atoms. The van der Waals surface area contributed by atoms with Crippen molar-refractivity contribution in [2.24, 2.45) is 0 Å². The van der Waals surface area contributed by atoms with Crippen LogP contribution in [0.1, 0.15) is 39.0 Å². The van der Waals surface area contributed by atoms with Crippen molar-refractivity contribution >= 4 is 19.6 Å². The molecule has 0 bridgehead atoms. The van der Waals surface area contributed by atoms with Crippen LogP contribution < -0.4 is 0 Å². The number of nitro groups is 1. The summed E-state index contributed by atoms with van der Waals surface area (Å²) < 4.78 is 0. The summed E-state index contributed by atoms with van der Waals surface area (Å²) in [5, 5.41) is 10.8. The number of nitrogens with zero attached hydrogens (tertiary/aromatic N) is 1. The lowest BCUT2D eigenvalue weighted by molar-refractivity contribution is -0.524. The van der Waals surface area contributed by atoms with Gasteiger partial charge in [-0.3, -0.25) is 10.1 Å². The Kier molecular flexibility index (Phi) is 7.74. The summed E-state index contributed by atoms with van der Waals surface area (Å²) in [6, 6.07) is -0.0487. The van der Waals surface area contributed by atoms with E-state index in [4.69, 9.17) is 0 Å². The number of ketones is 2. The van der Waals surface area contributed by atoms with Gasteiger partial charge in [0.2, 0.25) is 6.04 Å². The van der Waals surface area contributed by atoms with E-state index in [0.29, 0.717) is 25.3 Å². The third-order valence-electron chi connectivity index (χ3n) is 2.85. The fraction of sp³-hybridized carbons (Fsp3) is 0.846. The zero-order valence-electron chi connectivity index (χ0n) is 12.4. The SMILES string of the molecule is CC(=O)CCC(CCCC(=O)C[Si](C)(C)C)[N+](=O)[O-]. The Morgan fingerprint density at radius 2 is 1.74 bits per heavy atom. The highest BCUT2D eigenvalue weighted by Crippen LogP contribution is 2.15. The minimum Gasteiger partial charge on any atom is -0.300 e. The van der Waals surface area contributed by atoms with E-state index >= 15 is 0 Å². The van der Waals surface area contributed by atoms with Crippen LogP contribution in [0.4, 0.5) is 0 Å². The zero-order chi connectivity index (χ0) is 15.1. The van der Waals surface area contributed by atoms with Crippen molar-refractivity contribution in [2.75, 3.05) is 0 Å². The van der Waals surface area contributed by atoms with E-state index in [1.54, 1.807) is 0 Å². The molecule has 0 aromatic heterocycles. The summed E-state index contributed by atoms with van der Waals surface area (Å²) in [6.07, 6.45) is 1.89. The quantitative estimate of drug-likeness (QED) is 0.351. The lowest BCUT2D eigenvalue weighted by Gasteiger charge is -2.14. The van der Waals surface area contributed by atoms with Gasteiger partial charge in [-0.05, 0) is 13.3 Å². The lowest BCUT2D eigenvalue weighted by Crippen LogP contribution is -2.24. The van der Waals surface area contributed by atoms with Gasteiger partial charge < -0.3 is 9.59 Å². The van der Waals surface area contributed by atoms with E-state index in [-0.39, 0.29) is 29.3 Å². The highest BCUT2D eigenvalue weighted by atomic mass is 28.3. The summed E-state index contributed by atoms with van der Waals surface area (Å²) in [5.41, 5.74) is 0. The third-order valence-corrected chi connectivity index (χ3v) is 4.30. The first-order chi connectivity index (χ1) is 8.61. The maximum absolute atomic E-state index is 11.7. The highest BCUT2D eigenvalue weighted by molar-refractivity contribution is 6.78. The normalized spacial score (nSPS) is 13.1. The first-order valence-corrected chi connectivity index (χ1v) is 10.5. The molecule has 1 atom stereocenters. The molecule has 1 unspecified atom stereocenters. The monoisotopic (exact) mass is 287 g/mol. The van der Waals surface area contributed by atoms with E-state index in [0.717, 1.165) is 0 Å². The van der Waals surface area contributed by atoms with Crippen molar-refractivity contribution in [2.45, 2.75) is 70.8 Å². The molecule has 0 radical (unpaired) electrons. The van der Waals surface area contributed by atoms with Crippen LogP contribution in [-0.2, 0) is 9.59 Å². The molecule has 0 aromatic rings. The molecule has 5 nitrogen and oxygen atoms in total. The summed E-state index contributed by atoms with van der Waals surface area (Å²) >= 11 is 0. The minimum absolute atomic E-state index is 0.0262. The van der Waals surface area contributed by atoms with Crippen LogP contribution in [0.25, 0.3) is 0 Å². The first-order valence-electron chi connectivity index (χ1n) is 6.76. The largest absolute Gasteiger partial charge is 0.300 e. The van der Waals surface area contributed by atoms with Crippen LogP contribution in [0.3, 0.4) is 0 Å². The first kappa shape index (κ1) is 18.0. The van der Waals surface area contributed by atoms with E-state index in [2.05, 4.69) is 19.6 Å². The molecule has 0 saturated heterocycles. The van der Waals surface area contributed by atoms with E-state index in [1.807, 2.05) is 0 Å². The summed E-state index contributed by atoms with van der Waals surface area (Å²) in [4.78, 5) is 33.0. The fourth-order valence-electron chi connectivity index (χ4n) is 1.94. The predicted molar refractivity (Wildman–Crippen MR) is 77.7 cm³/mol. The molecule has 0 fully saturated rings. The second kappa shape index (κ2) is 8.19. The zero-order valence-corrected chi connectivity index (χ0v) is 13.4. The van der Waals surface area contributed by atoms with E-state index < -0.39 is 14.1 Å². The highest BCUT2D eigenvalue weighted by Gasteiger charge is 2.22. The summed E-state index contributed by atoms with van der Waals surface area (Å²) in [6.45, 7) is 7.85. The van der Waals surface area contributed by atoms with Gasteiger partial charge in [0.1, 0.15) is 11.6 Å². The van der Waals surface area contributed by atoms with Crippen molar-refractivity contribution in [3.05, 3.63) is 10.1 Å². The van der Waals surface area contributed by atoms with Crippen LogP contribution in [0.5, 0.6) is 0 Å². The fourth-order valence-corrected chi connectivity index (χ4v) is 3.30. The van der Waals surface area contributed by atoms with Gasteiger partial charge >= 0.3 is 0 Å². The molecule has 0 heterocycles. The Labute approximate surface area is 115 Å². The Balaban J connectivity index is 4.03. The molecule has 0 aliphatic rings. The molecular formula is C13H25NO4Si. The number of hydrogen-bond donors (Lipinski definition) is 0. The molecule has 0 amide bonds. The van der Waals surface area contributed by atoms with Gasteiger partial charge in [0.05, 0.1) is 8.07 Å².